The zero-order chi connectivity index (χ0) is 23.2. The number of anilines is 1. The van der Waals surface area contributed by atoms with Crippen molar-refractivity contribution in [2.24, 2.45) is 5.92 Å². The highest BCUT2D eigenvalue weighted by Gasteiger charge is 2.28. The van der Waals surface area contributed by atoms with Gasteiger partial charge in [-0.1, -0.05) is 0 Å². The highest BCUT2D eigenvalue weighted by molar-refractivity contribution is 5.96. The van der Waals surface area contributed by atoms with Gasteiger partial charge in [-0.15, -0.1) is 0 Å². The number of nitrogens with zero attached hydrogens (tertiary/aromatic N) is 7. The molecule has 1 aliphatic carbocycles. The predicted molar refractivity (Wildman–Crippen MR) is 127 cm³/mol. The third kappa shape index (κ3) is 3.51. The maximum Gasteiger partial charge on any atom is 0.327 e. The lowest BCUT2D eigenvalue weighted by molar-refractivity contribution is 0.0937. The summed E-state index contributed by atoms with van der Waals surface area (Å²) in [6.07, 6.45) is 7.15. The van der Waals surface area contributed by atoms with Crippen molar-refractivity contribution >= 4 is 34.1 Å². The van der Waals surface area contributed by atoms with Crippen LogP contribution >= 0.6 is 0 Å². The molecule has 5 heterocycles. The number of amides is 1. The molecule has 0 unspecified atom stereocenters. The van der Waals surface area contributed by atoms with E-state index < -0.39 is 0 Å². The highest BCUT2D eigenvalue weighted by Crippen LogP contribution is 2.31. The molecule has 1 amide bonds. The molecule has 11 nitrogen and oxygen atoms in total. The molecule has 0 radical (unpaired) electrons. The Labute approximate surface area is 195 Å². The van der Waals surface area contributed by atoms with Crippen LogP contribution in [0.25, 0.3) is 22.3 Å². The molecule has 0 atom stereocenters. The van der Waals surface area contributed by atoms with Gasteiger partial charge in [0.25, 0.3) is 5.91 Å². The lowest BCUT2D eigenvalue weighted by atomic mass is 10.0. The number of H-pyrrole nitrogens is 1. The summed E-state index contributed by atoms with van der Waals surface area (Å²) in [6.45, 7) is 4.72. The fraction of sp³-hybridized carbons (Fsp3) is 0.478. The minimum absolute atomic E-state index is 0.0796. The monoisotopic (exact) mass is 461 g/mol. The number of fused-ring (bicyclic) bond motifs is 2. The molecule has 0 aromatic carbocycles. The van der Waals surface area contributed by atoms with E-state index in [0.717, 1.165) is 37.3 Å². The molecule has 6 rings (SSSR count). The van der Waals surface area contributed by atoms with Crippen molar-refractivity contribution in [1.29, 1.82) is 0 Å². The van der Waals surface area contributed by atoms with E-state index >= 15 is 0 Å². The lowest BCUT2D eigenvalue weighted by Crippen LogP contribution is -2.37. The van der Waals surface area contributed by atoms with E-state index in [9.17, 15) is 9.59 Å². The SMILES string of the molecule is CCn1c(C(=O)NCC2CC2)nc2c(N3CCC(n4c(=O)[nH]c5ncccc54)CC3)ncnc21. The van der Waals surface area contributed by atoms with Gasteiger partial charge in [-0.25, -0.2) is 24.7 Å². The molecule has 34 heavy (non-hydrogen) atoms. The Kier molecular flexibility index (Phi) is 5.04. The molecule has 4 aromatic heterocycles. The average molecular weight is 462 g/mol. The number of nitrogens with one attached hydrogen (secondary N) is 2. The van der Waals surface area contributed by atoms with Crippen LogP contribution in [-0.2, 0) is 6.54 Å². The largest absolute Gasteiger partial charge is 0.355 e. The Hall–Kier alpha value is -3.76. The van der Waals surface area contributed by atoms with Gasteiger partial charge in [0.1, 0.15) is 6.33 Å². The quantitative estimate of drug-likeness (QED) is 0.449. The number of imidazole rings is 2. The zero-order valence-corrected chi connectivity index (χ0v) is 19.1. The number of hydrogen-bond acceptors (Lipinski definition) is 7. The maximum absolute atomic E-state index is 12.8. The first-order valence-electron chi connectivity index (χ1n) is 11.9. The summed E-state index contributed by atoms with van der Waals surface area (Å²) < 4.78 is 3.68. The van der Waals surface area contributed by atoms with E-state index in [-0.39, 0.29) is 17.6 Å². The van der Waals surface area contributed by atoms with Gasteiger partial charge in [-0.05, 0) is 50.7 Å². The van der Waals surface area contributed by atoms with E-state index in [0.29, 0.717) is 41.6 Å². The van der Waals surface area contributed by atoms with Gasteiger partial charge in [0.05, 0.1) is 5.52 Å². The van der Waals surface area contributed by atoms with Gasteiger partial charge in [0.2, 0.25) is 5.82 Å². The molecular weight excluding hydrogens is 434 g/mol. The topological polar surface area (TPSA) is 127 Å². The van der Waals surface area contributed by atoms with Crippen molar-refractivity contribution in [1.82, 2.24) is 39.4 Å². The average Bonchev–Trinajstić information content (AvgIpc) is 3.52. The zero-order valence-electron chi connectivity index (χ0n) is 19.1. The standard InChI is InChI=1S/C23H27N9O2/c1-2-31-20-17(28-21(31)22(33)25-12-14-5-6-14)19(26-13-27-20)30-10-7-15(8-11-30)32-16-4-3-9-24-18(16)29-23(32)34/h3-4,9,13-15H,2,5-8,10-12H2,1H3,(H,25,33)(H,24,29,34). The Balaban J connectivity index is 1.26. The summed E-state index contributed by atoms with van der Waals surface area (Å²) in [7, 11) is 0. The molecule has 1 saturated carbocycles. The van der Waals surface area contributed by atoms with E-state index in [1.165, 1.54) is 12.8 Å². The number of aromatic nitrogens is 7. The molecule has 2 fully saturated rings. The minimum atomic E-state index is -0.163. The van der Waals surface area contributed by atoms with Crippen molar-refractivity contribution in [3.63, 3.8) is 0 Å². The molecule has 11 heteroatoms. The number of aryl methyl sites for hydroxylation is 1. The van der Waals surface area contributed by atoms with Crippen LogP contribution in [-0.4, -0.2) is 59.6 Å². The molecule has 1 aliphatic heterocycles. The molecular formula is C23H27N9O2. The number of pyridine rings is 1. The normalized spacial score (nSPS) is 17.0. The fourth-order valence-electron chi connectivity index (χ4n) is 4.92. The van der Waals surface area contributed by atoms with Crippen LogP contribution in [0, 0.1) is 5.92 Å². The molecule has 4 aromatic rings. The molecule has 0 bridgehead atoms. The number of carbonyl (C=O) groups is 1. The Morgan fingerprint density at radius 1 is 1.18 bits per heavy atom. The van der Waals surface area contributed by atoms with Crippen molar-refractivity contribution in [3.05, 3.63) is 41.0 Å². The second-order valence-corrected chi connectivity index (χ2v) is 9.09. The first kappa shape index (κ1) is 20.8. The summed E-state index contributed by atoms with van der Waals surface area (Å²) in [5, 5.41) is 3.01. The lowest BCUT2D eigenvalue weighted by Gasteiger charge is -2.33. The number of aromatic amines is 1. The van der Waals surface area contributed by atoms with Crippen LogP contribution in [0.15, 0.2) is 29.5 Å². The van der Waals surface area contributed by atoms with Gasteiger partial charge in [0, 0.05) is 38.4 Å². The van der Waals surface area contributed by atoms with Crippen LogP contribution in [0.1, 0.15) is 49.3 Å². The van der Waals surface area contributed by atoms with Gasteiger partial charge in [-0.3, -0.25) is 14.3 Å². The first-order chi connectivity index (χ1) is 16.6. The second kappa shape index (κ2) is 8.23. The number of carbonyl (C=O) groups excluding carboxylic acids is 1. The van der Waals surface area contributed by atoms with E-state index in [4.69, 9.17) is 4.98 Å². The van der Waals surface area contributed by atoms with Crippen LogP contribution < -0.4 is 15.9 Å². The minimum Gasteiger partial charge on any atom is -0.355 e. The summed E-state index contributed by atoms with van der Waals surface area (Å²) in [5.74, 6) is 1.55. The third-order valence-electron chi connectivity index (χ3n) is 6.90. The Morgan fingerprint density at radius 3 is 2.76 bits per heavy atom. The van der Waals surface area contributed by atoms with E-state index in [2.05, 4.69) is 30.2 Å². The summed E-state index contributed by atoms with van der Waals surface area (Å²) in [4.78, 5) is 48.4. The fourth-order valence-corrected chi connectivity index (χ4v) is 4.92. The maximum atomic E-state index is 12.8. The first-order valence-corrected chi connectivity index (χ1v) is 11.9. The van der Waals surface area contributed by atoms with Crippen molar-refractivity contribution in [2.75, 3.05) is 24.5 Å². The van der Waals surface area contributed by atoms with Crippen molar-refractivity contribution in [3.8, 4) is 0 Å². The number of hydrogen-bond donors (Lipinski definition) is 2. The van der Waals surface area contributed by atoms with Crippen molar-refractivity contribution in [2.45, 2.75) is 45.2 Å². The number of rotatable bonds is 6. The molecule has 2 aliphatic rings. The van der Waals surface area contributed by atoms with Gasteiger partial charge >= 0.3 is 5.69 Å². The van der Waals surface area contributed by atoms with Gasteiger partial charge in [-0.2, -0.15) is 0 Å². The van der Waals surface area contributed by atoms with Crippen LogP contribution in [0.3, 0.4) is 0 Å². The van der Waals surface area contributed by atoms with Crippen LogP contribution in [0.4, 0.5) is 5.82 Å². The number of piperidine rings is 1. The molecule has 2 N–H and O–H groups in total. The van der Waals surface area contributed by atoms with Gasteiger partial charge < -0.3 is 14.8 Å². The Morgan fingerprint density at radius 2 is 2.00 bits per heavy atom. The Bertz CT molecular complexity index is 1420. The summed E-state index contributed by atoms with van der Waals surface area (Å²) in [5.41, 5.74) is 2.64. The van der Waals surface area contributed by atoms with Crippen LogP contribution in [0.2, 0.25) is 0 Å². The smallest absolute Gasteiger partial charge is 0.327 e. The molecule has 1 saturated heterocycles. The third-order valence-corrected chi connectivity index (χ3v) is 6.90. The summed E-state index contributed by atoms with van der Waals surface area (Å²) in [6, 6.07) is 3.85. The second-order valence-electron chi connectivity index (χ2n) is 9.09. The predicted octanol–water partition coefficient (Wildman–Crippen LogP) is 1.87. The van der Waals surface area contributed by atoms with Gasteiger partial charge in [0.15, 0.2) is 22.6 Å². The van der Waals surface area contributed by atoms with E-state index in [1.807, 2.05) is 28.2 Å². The van der Waals surface area contributed by atoms with Crippen LogP contribution in [0.5, 0.6) is 0 Å². The van der Waals surface area contributed by atoms with E-state index in [1.54, 1.807) is 12.5 Å². The van der Waals surface area contributed by atoms with Crippen molar-refractivity contribution < 1.29 is 4.79 Å². The highest BCUT2D eigenvalue weighted by atomic mass is 16.2. The molecule has 176 valence electrons. The summed E-state index contributed by atoms with van der Waals surface area (Å²) >= 11 is 0. The molecule has 0 spiro atoms.